The number of unbranched alkanes of at least 4 members (excludes halogenated alkanes) is 3. The van der Waals surface area contributed by atoms with E-state index in [1.165, 1.54) is 11.1 Å². The van der Waals surface area contributed by atoms with Crippen molar-refractivity contribution in [3.63, 3.8) is 0 Å². The summed E-state index contributed by atoms with van der Waals surface area (Å²) in [6.45, 7) is 2.37. The van der Waals surface area contributed by atoms with E-state index in [0.717, 1.165) is 31.3 Å². The second kappa shape index (κ2) is 10.9. The number of hydrogen-bond donors (Lipinski definition) is 2. The van der Waals surface area contributed by atoms with E-state index in [4.69, 9.17) is 5.21 Å². The number of piperazine rings is 1. The normalized spacial score (nSPS) is 15.6. The predicted octanol–water partition coefficient (Wildman–Crippen LogP) is 2.53. The molecule has 3 amide bonds. The van der Waals surface area contributed by atoms with Crippen molar-refractivity contribution in [2.24, 2.45) is 0 Å². The Bertz CT molecular complexity index is 797. The first-order valence-corrected chi connectivity index (χ1v) is 10.8. The Kier molecular flexibility index (Phi) is 8.02. The molecule has 162 valence electrons. The molecule has 30 heavy (non-hydrogen) atoms. The summed E-state index contributed by atoms with van der Waals surface area (Å²) in [5.41, 5.74) is 5.21. The molecule has 1 aliphatic carbocycles. The number of hydrogen-bond acceptors (Lipinski definition) is 4. The lowest BCUT2D eigenvalue weighted by Gasteiger charge is -2.35. The molecular weight excluding hydrogens is 382 g/mol. The first-order valence-electron chi connectivity index (χ1n) is 10.8. The molecule has 1 fully saturated rings. The third-order valence-corrected chi connectivity index (χ3v) is 5.93. The van der Waals surface area contributed by atoms with Crippen LogP contribution in [0, 0.1) is 0 Å². The summed E-state index contributed by atoms with van der Waals surface area (Å²) in [6.07, 6.45) is 7.55. The van der Waals surface area contributed by atoms with Crippen LogP contribution in [0.3, 0.4) is 0 Å². The maximum absolute atomic E-state index is 12.7. The van der Waals surface area contributed by atoms with Crippen LogP contribution in [0.2, 0.25) is 0 Å². The van der Waals surface area contributed by atoms with E-state index in [-0.39, 0.29) is 17.7 Å². The van der Waals surface area contributed by atoms with Crippen molar-refractivity contribution in [2.45, 2.75) is 51.4 Å². The quantitative estimate of drug-likeness (QED) is 0.370. The molecule has 2 aliphatic rings. The summed E-state index contributed by atoms with van der Waals surface area (Å²) in [6, 6.07) is 8.24. The first-order chi connectivity index (χ1) is 14.6. The van der Waals surface area contributed by atoms with Crippen LogP contribution >= 0.6 is 0 Å². The van der Waals surface area contributed by atoms with E-state index >= 15 is 0 Å². The average molecular weight is 414 g/mol. The van der Waals surface area contributed by atoms with Crippen LogP contribution in [0.25, 0.3) is 5.57 Å². The zero-order valence-electron chi connectivity index (χ0n) is 17.4. The van der Waals surface area contributed by atoms with Crippen LogP contribution in [0.5, 0.6) is 0 Å². The van der Waals surface area contributed by atoms with Gasteiger partial charge in [-0.25, -0.2) is 5.48 Å². The second-order valence-corrected chi connectivity index (χ2v) is 7.98. The Morgan fingerprint density at radius 1 is 0.867 bits per heavy atom. The summed E-state index contributed by atoms with van der Waals surface area (Å²) in [5.74, 6) is -0.0912. The lowest BCUT2D eigenvalue weighted by molar-refractivity contribution is -0.139. The van der Waals surface area contributed by atoms with Gasteiger partial charge in [-0.15, -0.1) is 0 Å². The lowest BCUT2D eigenvalue weighted by atomic mass is 10.0. The van der Waals surface area contributed by atoms with E-state index < -0.39 is 0 Å². The number of rotatable bonds is 9. The van der Waals surface area contributed by atoms with E-state index in [1.54, 1.807) is 5.48 Å². The topological polar surface area (TPSA) is 90.0 Å². The SMILES string of the molecule is O=C(CCCCCCC(=O)N1CCN(C(=O)CC2=CCc3ccccc32)CC1)NO. The summed E-state index contributed by atoms with van der Waals surface area (Å²) >= 11 is 0. The van der Waals surface area contributed by atoms with Gasteiger partial charge in [-0.3, -0.25) is 19.6 Å². The second-order valence-electron chi connectivity index (χ2n) is 7.98. The van der Waals surface area contributed by atoms with Crippen molar-refractivity contribution in [1.82, 2.24) is 15.3 Å². The van der Waals surface area contributed by atoms with Crippen molar-refractivity contribution in [1.29, 1.82) is 0 Å². The highest BCUT2D eigenvalue weighted by Crippen LogP contribution is 2.30. The van der Waals surface area contributed by atoms with E-state index in [0.29, 0.717) is 51.9 Å². The van der Waals surface area contributed by atoms with Crippen LogP contribution in [0.1, 0.15) is 56.1 Å². The third kappa shape index (κ3) is 5.92. The fraction of sp³-hybridized carbons (Fsp3) is 0.522. The summed E-state index contributed by atoms with van der Waals surface area (Å²) < 4.78 is 0. The number of allylic oxidation sites excluding steroid dienone is 1. The molecule has 1 aromatic carbocycles. The molecule has 0 aromatic heterocycles. The van der Waals surface area contributed by atoms with E-state index in [2.05, 4.69) is 18.2 Å². The minimum atomic E-state index is -0.369. The Hall–Kier alpha value is -2.67. The molecule has 2 N–H and O–H groups in total. The number of amides is 3. The molecule has 1 saturated heterocycles. The standard InChI is InChI=1S/C23H31N3O4/c27-21(24-30)9-3-1-2-4-10-22(28)25-13-15-26(16-14-25)23(29)17-19-12-11-18-7-5-6-8-20(18)19/h5-8,12,30H,1-4,9-11,13-17H2,(H,24,27). The summed E-state index contributed by atoms with van der Waals surface area (Å²) in [4.78, 5) is 39.8. The van der Waals surface area contributed by atoms with Crippen LogP contribution in [-0.2, 0) is 20.8 Å². The molecule has 0 atom stereocenters. The number of nitrogens with zero attached hydrogens (tertiary/aromatic N) is 2. The number of nitrogens with one attached hydrogen (secondary N) is 1. The number of hydroxylamine groups is 1. The monoisotopic (exact) mass is 413 g/mol. The van der Waals surface area contributed by atoms with Gasteiger partial charge in [0.05, 0.1) is 6.42 Å². The highest BCUT2D eigenvalue weighted by Gasteiger charge is 2.25. The molecule has 0 spiro atoms. The van der Waals surface area contributed by atoms with E-state index in [1.807, 2.05) is 21.9 Å². The van der Waals surface area contributed by atoms with Gasteiger partial charge in [-0.2, -0.15) is 0 Å². The molecule has 7 nitrogen and oxygen atoms in total. The van der Waals surface area contributed by atoms with Crippen LogP contribution < -0.4 is 5.48 Å². The predicted molar refractivity (Wildman–Crippen MR) is 114 cm³/mol. The van der Waals surface area contributed by atoms with Gasteiger partial charge < -0.3 is 9.80 Å². The first kappa shape index (κ1) is 22.0. The zero-order valence-corrected chi connectivity index (χ0v) is 17.4. The molecule has 0 radical (unpaired) electrons. The molecule has 0 unspecified atom stereocenters. The van der Waals surface area contributed by atoms with Gasteiger partial charge in [0, 0.05) is 39.0 Å². The van der Waals surface area contributed by atoms with Gasteiger partial charge in [-0.05, 0) is 36.0 Å². The minimum absolute atomic E-state index is 0.136. The maximum atomic E-state index is 12.7. The lowest BCUT2D eigenvalue weighted by Crippen LogP contribution is -2.50. The smallest absolute Gasteiger partial charge is 0.243 e. The van der Waals surface area contributed by atoms with Crippen molar-refractivity contribution in [3.05, 3.63) is 41.5 Å². The Balaban J connectivity index is 1.33. The molecule has 1 aromatic rings. The minimum Gasteiger partial charge on any atom is -0.339 e. The van der Waals surface area contributed by atoms with Gasteiger partial charge in [-0.1, -0.05) is 43.2 Å². The zero-order chi connectivity index (χ0) is 21.3. The van der Waals surface area contributed by atoms with Gasteiger partial charge in [0.15, 0.2) is 0 Å². The summed E-state index contributed by atoms with van der Waals surface area (Å²) in [5, 5.41) is 8.44. The van der Waals surface area contributed by atoms with Crippen molar-refractivity contribution >= 4 is 23.3 Å². The number of carbonyl (C=O) groups is 3. The molecular formula is C23H31N3O4. The van der Waals surface area contributed by atoms with Crippen LogP contribution in [0.4, 0.5) is 0 Å². The van der Waals surface area contributed by atoms with Gasteiger partial charge >= 0.3 is 0 Å². The highest BCUT2D eigenvalue weighted by molar-refractivity contribution is 5.91. The molecule has 0 bridgehead atoms. The van der Waals surface area contributed by atoms with Gasteiger partial charge in [0.2, 0.25) is 17.7 Å². The maximum Gasteiger partial charge on any atom is 0.243 e. The van der Waals surface area contributed by atoms with Crippen LogP contribution in [0.15, 0.2) is 30.3 Å². The van der Waals surface area contributed by atoms with Crippen LogP contribution in [-0.4, -0.2) is 58.9 Å². The molecule has 1 heterocycles. The van der Waals surface area contributed by atoms with Crippen molar-refractivity contribution < 1.29 is 19.6 Å². The molecule has 1 aliphatic heterocycles. The molecule has 7 heteroatoms. The highest BCUT2D eigenvalue weighted by atomic mass is 16.5. The molecule has 3 rings (SSSR count). The number of fused-ring (bicyclic) bond motifs is 1. The Morgan fingerprint density at radius 2 is 1.50 bits per heavy atom. The third-order valence-electron chi connectivity index (χ3n) is 5.93. The van der Waals surface area contributed by atoms with E-state index in [9.17, 15) is 14.4 Å². The average Bonchev–Trinajstić information content (AvgIpc) is 3.18. The number of carbonyl (C=O) groups excluding carboxylic acids is 3. The number of benzene rings is 1. The molecule has 0 saturated carbocycles. The largest absolute Gasteiger partial charge is 0.339 e. The Labute approximate surface area is 177 Å². The van der Waals surface area contributed by atoms with Gasteiger partial charge in [0.25, 0.3) is 0 Å². The fourth-order valence-electron chi connectivity index (χ4n) is 4.13. The van der Waals surface area contributed by atoms with Crippen molar-refractivity contribution in [3.8, 4) is 0 Å². The van der Waals surface area contributed by atoms with Gasteiger partial charge in [0.1, 0.15) is 0 Å². The fourth-order valence-corrected chi connectivity index (χ4v) is 4.13. The Morgan fingerprint density at radius 3 is 2.20 bits per heavy atom. The van der Waals surface area contributed by atoms with Crippen molar-refractivity contribution in [2.75, 3.05) is 26.2 Å². The summed E-state index contributed by atoms with van der Waals surface area (Å²) in [7, 11) is 0.